The molecule has 1 aromatic heterocycles. The summed E-state index contributed by atoms with van der Waals surface area (Å²) in [6.07, 6.45) is 0. The molecule has 1 aromatic rings. The molecule has 11 heavy (non-hydrogen) atoms. The zero-order chi connectivity index (χ0) is 8.48. The molecule has 0 aliphatic rings. The van der Waals surface area contributed by atoms with E-state index in [9.17, 15) is 8.42 Å². The van der Waals surface area contributed by atoms with E-state index in [1.165, 1.54) is 0 Å². The topological polar surface area (TPSA) is 60.2 Å². The van der Waals surface area contributed by atoms with E-state index in [-0.39, 0.29) is 4.21 Å². The van der Waals surface area contributed by atoms with Crippen molar-refractivity contribution in [1.29, 1.82) is 0 Å². The minimum absolute atomic E-state index is 0.245. The minimum Gasteiger partial charge on any atom is -0.224 e. The smallest absolute Gasteiger partial charge is 0.224 e. The van der Waals surface area contributed by atoms with Gasteiger partial charge in [-0.25, -0.2) is 13.6 Å². The van der Waals surface area contributed by atoms with Crippen LogP contribution in [0.4, 0.5) is 0 Å². The molecule has 1 rings (SSSR count). The predicted octanol–water partition coefficient (Wildman–Crippen LogP) is 1.29. The number of hydrogen-bond acceptors (Lipinski definition) is 3. The molecule has 1 heterocycles. The van der Waals surface area contributed by atoms with E-state index in [0.717, 1.165) is 16.9 Å². The first-order chi connectivity index (χ1) is 5.05. The van der Waals surface area contributed by atoms with Gasteiger partial charge in [0.2, 0.25) is 10.0 Å². The van der Waals surface area contributed by atoms with E-state index in [0.29, 0.717) is 5.33 Å². The van der Waals surface area contributed by atoms with Crippen LogP contribution in [-0.2, 0) is 15.4 Å². The van der Waals surface area contributed by atoms with Gasteiger partial charge in [0.1, 0.15) is 4.21 Å². The lowest BCUT2D eigenvalue weighted by Crippen LogP contribution is -2.11. The maximum Gasteiger partial charge on any atom is 0.247 e. The summed E-state index contributed by atoms with van der Waals surface area (Å²) < 4.78 is 21.9. The molecule has 0 unspecified atom stereocenters. The second kappa shape index (κ2) is 3.22. The summed E-state index contributed by atoms with van der Waals surface area (Å²) >= 11 is 4.30. The van der Waals surface area contributed by atoms with Crippen molar-refractivity contribution in [3.05, 3.63) is 17.0 Å². The van der Waals surface area contributed by atoms with Crippen molar-refractivity contribution in [1.82, 2.24) is 0 Å². The van der Waals surface area contributed by atoms with Gasteiger partial charge in [0.05, 0.1) is 0 Å². The Bertz CT molecular complexity index is 343. The molecule has 3 nitrogen and oxygen atoms in total. The SMILES string of the molecule is NS(=O)(=O)c1sccc1CBr. The molecule has 0 fully saturated rings. The van der Waals surface area contributed by atoms with E-state index in [1.807, 2.05) is 0 Å². The molecule has 2 N–H and O–H groups in total. The van der Waals surface area contributed by atoms with Crippen LogP contribution in [0, 0.1) is 0 Å². The first-order valence-electron chi connectivity index (χ1n) is 2.71. The van der Waals surface area contributed by atoms with E-state index in [4.69, 9.17) is 5.14 Å². The molecular weight excluding hydrogens is 250 g/mol. The van der Waals surface area contributed by atoms with Crippen LogP contribution in [0.15, 0.2) is 15.7 Å². The van der Waals surface area contributed by atoms with Crippen LogP contribution in [0.25, 0.3) is 0 Å². The van der Waals surface area contributed by atoms with Gasteiger partial charge in [0, 0.05) is 5.33 Å². The summed E-state index contributed by atoms with van der Waals surface area (Å²) in [6, 6.07) is 1.74. The molecule has 0 spiro atoms. The third-order valence-corrected chi connectivity index (χ3v) is 4.23. The molecule has 0 radical (unpaired) electrons. The Morgan fingerprint density at radius 1 is 1.64 bits per heavy atom. The highest BCUT2D eigenvalue weighted by molar-refractivity contribution is 9.08. The zero-order valence-electron chi connectivity index (χ0n) is 5.45. The number of alkyl halides is 1. The van der Waals surface area contributed by atoms with Crippen LogP contribution in [0.3, 0.4) is 0 Å². The third-order valence-electron chi connectivity index (χ3n) is 1.11. The van der Waals surface area contributed by atoms with Gasteiger partial charge in [-0.2, -0.15) is 0 Å². The Balaban J connectivity index is 3.24. The summed E-state index contributed by atoms with van der Waals surface area (Å²) in [7, 11) is -3.51. The maximum absolute atomic E-state index is 10.8. The van der Waals surface area contributed by atoms with Gasteiger partial charge in [0.25, 0.3) is 0 Å². The largest absolute Gasteiger partial charge is 0.247 e. The summed E-state index contributed by atoms with van der Waals surface area (Å²) in [5.41, 5.74) is 0.720. The third kappa shape index (κ3) is 2.02. The lowest BCUT2D eigenvalue weighted by Gasteiger charge is -1.94. The fraction of sp³-hybridized carbons (Fsp3) is 0.200. The van der Waals surface area contributed by atoms with Crippen molar-refractivity contribution in [3.8, 4) is 0 Å². The first kappa shape index (κ1) is 9.18. The van der Waals surface area contributed by atoms with Crippen LogP contribution in [0.1, 0.15) is 5.56 Å². The number of thiophene rings is 1. The lowest BCUT2D eigenvalue weighted by molar-refractivity contribution is 0.599. The van der Waals surface area contributed by atoms with Gasteiger partial charge in [-0.15, -0.1) is 11.3 Å². The highest BCUT2D eigenvalue weighted by Crippen LogP contribution is 2.22. The van der Waals surface area contributed by atoms with E-state index in [1.54, 1.807) is 11.4 Å². The number of primary sulfonamides is 1. The van der Waals surface area contributed by atoms with Crippen LogP contribution in [0.5, 0.6) is 0 Å². The molecule has 0 saturated carbocycles. The van der Waals surface area contributed by atoms with E-state index in [2.05, 4.69) is 15.9 Å². The van der Waals surface area contributed by atoms with Crippen molar-refractivity contribution >= 4 is 37.3 Å². The molecule has 0 aliphatic carbocycles. The Hall–Kier alpha value is 0.0900. The van der Waals surface area contributed by atoms with Crippen molar-refractivity contribution < 1.29 is 8.42 Å². The van der Waals surface area contributed by atoms with Crippen LogP contribution < -0.4 is 5.14 Å². The Labute approximate surface area is 77.4 Å². The Morgan fingerprint density at radius 2 is 2.27 bits per heavy atom. The second-order valence-corrected chi connectivity index (χ2v) is 5.15. The van der Waals surface area contributed by atoms with Crippen molar-refractivity contribution in [2.75, 3.05) is 0 Å². The molecule has 0 saturated heterocycles. The first-order valence-corrected chi connectivity index (χ1v) is 6.25. The van der Waals surface area contributed by atoms with Crippen molar-refractivity contribution in [2.24, 2.45) is 5.14 Å². The number of rotatable bonds is 2. The standard InChI is InChI=1S/C5H6BrNO2S2/c6-3-4-1-2-10-5(4)11(7,8)9/h1-2H,3H2,(H2,7,8,9). The summed E-state index contributed by atoms with van der Waals surface area (Å²) in [5.74, 6) is 0. The lowest BCUT2D eigenvalue weighted by atomic mass is 10.4. The van der Waals surface area contributed by atoms with Crippen molar-refractivity contribution in [3.63, 3.8) is 0 Å². The maximum atomic E-state index is 10.8. The zero-order valence-corrected chi connectivity index (χ0v) is 8.67. The molecule has 6 heteroatoms. The highest BCUT2D eigenvalue weighted by atomic mass is 79.9. The van der Waals surface area contributed by atoms with E-state index < -0.39 is 10.0 Å². The van der Waals surface area contributed by atoms with E-state index >= 15 is 0 Å². The van der Waals surface area contributed by atoms with Gasteiger partial charge in [-0.05, 0) is 17.0 Å². The Kier molecular flexibility index (Phi) is 2.69. The summed E-state index contributed by atoms with van der Waals surface area (Å²) in [4.78, 5) is 0. The fourth-order valence-electron chi connectivity index (χ4n) is 0.671. The van der Waals surface area contributed by atoms with Crippen LogP contribution in [-0.4, -0.2) is 8.42 Å². The summed E-state index contributed by atoms with van der Waals surface area (Å²) in [6.45, 7) is 0. The van der Waals surface area contributed by atoms with Crippen LogP contribution >= 0.6 is 27.3 Å². The second-order valence-electron chi connectivity index (χ2n) is 1.91. The average molecular weight is 256 g/mol. The fourth-order valence-corrected chi connectivity index (χ4v) is 3.37. The van der Waals surface area contributed by atoms with Gasteiger partial charge in [0.15, 0.2) is 0 Å². The molecule has 0 bridgehead atoms. The highest BCUT2D eigenvalue weighted by Gasteiger charge is 2.13. The number of hydrogen-bond donors (Lipinski definition) is 1. The molecule has 0 atom stereocenters. The van der Waals surface area contributed by atoms with Gasteiger partial charge in [-0.1, -0.05) is 15.9 Å². The number of halogens is 1. The van der Waals surface area contributed by atoms with Crippen LogP contribution in [0.2, 0.25) is 0 Å². The van der Waals surface area contributed by atoms with Gasteiger partial charge >= 0.3 is 0 Å². The molecule has 0 aromatic carbocycles. The van der Waals surface area contributed by atoms with Gasteiger partial charge < -0.3 is 0 Å². The van der Waals surface area contributed by atoms with Crippen molar-refractivity contribution in [2.45, 2.75) is 9.54 Å². The van der Waals surface area contributed by atoms with Gasteiger partial charge in [-0.3, -0.25) is 0 Å². The Morgan fingerprint density at radius 3 is 2.64 bits per heavy atom. The minimum atomic E-state index is -3.51. The molecule has 62 valence electrons. The molecule has 0 amide bonds. The monoisotopic (exact) mass is 255 g/mol. The average Bonchev–Trinajstić information content (AvgIpc) is 2.31. The quantitative estimate of drug-likeness (QED) is 0.810. The normalized spacial score (nSPS) is 11.8. The summed E-state index contributed by atoms with van der Waals surface area (Å²) in [5, 5.41) is 7.16. The molecule has 0 aliphatic heterocycles. The number of nitrogens with two attached hydrogens (primary N) is 1. The molecular formula is C5H6BrNO2S2. The predicted molar refractivity (Wildman–Crippen MR) is 48.3 cm³/mol. The number of sulfonamides is 1.